The molecule has 0 spiro atoms. The van der Waals surface area contributed by atoms with E-state index in [0.29, 0.717) is 12.0 Å². The molecule has 0 unspecified atom stereocenters. The van der Waals surface area contributed by atoms with Gasteiger partial charge in [0, 0.05) is 12.6 Å². The van der Waals surface area contributed by atoms with Crippen molar-refractivity contribution in [1.82, 2.24) is 5.32 Å². The molecule has 1 saturated carbocycles. The second-order valence-electron chi connectivity index (χ2n) is 6.20. The zero-order valence-electron chi connectivity index (χ0n) is 13.7. The fourth-order valence-corrected chi connectivity index (χ4v) is 3.41. The molecule has 0 saturated heterocycles. The molecule has 1 fully saturated rings. The highest BCUT2D eigenvalue weighted by molar-refractivity contribution is 5.85. The maximum absolute atomic E-state index is 5.25. The third-order valence-electron chi connectivity index (χ3n) is 4.70. The summed E-state index contributed by atoms with van der Waals surface area (Å²) in [5, 5.41) is 3.74. The largest absolute Gasteiger partial charge is 0.497 e. The van der Waals surface area contributed by atoms with Gasteiger partial charge in [-0.2, -0.15) is 0 Å². The molecule has 0 amide bonds. The summed E-state index contributed by atoms with van der Waals surface area (Å²) in [5.41, 5.74) is 2.82. The van der Waals surface area contributed by atoms with E-state index in [4.69, 9.17) is 4.74 Å². The normalized spacial score (nSPS) is 20.6. The van der Waals surface area contributed by atoms with Gasteiger partial charge in [0.25, 0.3) is 0 Å². The average molecular weight is 332 g/mol. The van der Waals surface area contributed by atoms with Crippen molar-refractivity contribution in [3.8, 4) is 5.75 Å². The number of methoxy groups -OCH3 is 1. The Bertz CT molecular complexity index is 570. The van der Waals surface area contributed by atoms with E-state index < -0.39 is 0 Å². The van der Waals surface area contributed by atoms with E-state index in [1.807, 2.05) is 0 Å². The van der Waals surface area contributed by atoms with Crippen LogP contribution in [0.1, 0.15) is 42.7 Å². The maximum atomic E-state index is 5.25. The van der Waals surface area contributed by atoms with Gasteiger partial charge in [0.15, 0.2) is 0 Å². The van der Waals surface area contributed by atoms with Gasteiger partial charge in [-0.1, -0.05) is 48.9 Å². The average Bonchev–Trinajstić information content (AvgIpc) is 2.61. The second kappa shape index (κ2) is 8.95. The fraction of sp³-hybridized carbons (Fsp3) is 0.400. The number of halogens is 1. The lowest BCUT2D eigenvalue weighted by Gasteiger charge is -2.30. The Morgan fingerprint density at radius 3 is 2.43 bits per heavy atom. The van der Waals surface area contributed by atoms with Crippen LogP contribution >= 0.6 is 12.4 Å². The van der Waals surface area contributed by atoms with Crippen LogP contribution in [0, 0.1) is 0 Å². The van der Waals surface area contributed by atoms with Gasteiger partial charge in [0.05, 0.1) is 7.11 Å². The van der Waals surface area contributed by atoms with E-state index in [1.54, 1.807) is 7.11 Å². The summed E-state index contributed by atoms with van der Waals surface area (Å²) in [5.74, 6) is 1.62. The Kier molecular flexibility index (Phi) is 6.94. The van der Waals surface area contributed by atoms with E-state index in [-0.39, 0.29) is 12.4 Å². The molecule has 1 aliphatic rings. The van der Waals surface area contributed by atoms with Crippen molar-refractivity contribution in [2.24, 2.45) is 0 Å². The maximum Gasteiger partial charge on any atom is 0.118 e. The Balaban J connectivity index is 0.00000192. The lowest BCUT2D eigenvalue weighted by atomic mass is 9.81. The molecule has 0 aromatic heterocycles. The van der Waals surface area contributed by atoms with Crippen LogP contribution in [0.25, 0.3) is 0 Å². The second-order valence-corrected chi connectivity index (χ2v) is 6.20. The number of benzene rings is 2. The van der Waals surface area contributed by atoms with E-state index in [9.17, 15) is 0 Å². The summed E-state index contributed by atoms with van der Waals surface area (Å²) in [7, 11) is 1.72. The number of hydrogen-bond acceptors (Lipinski definition) is 2. The molecule has 3 rings (SSSR count). The van der Waals surface area contributed by atoms with E-state index in [1.165, 1.54) is 36.8 Å². The van der Waals surface area contributed by atoms with Crippen molar-refractivity contribution in [2.75, 3.05) is 7.11 Å². The molecule has 0 radical (unpaired) electrons. The molecule has 0 aliphatic heterocycles. The summed E-state index contributed by atoms with van der Waals surface area (Å²) >= 11 is 0. The van der Waals surface area contributed by atoms with Crippen LogP contribution in [-0.2, 0) is 6.54 Å². The molecule has 2 aromatic rings. The number of ether oxygens (including phenoxy) is 1. The van der Waals surface area contributed by atoms with Gasteiger partial charge in [-0.15, -0.1) is 12.4 Å². The van der Waals surface area contributed by atoms with Crippen molar-refractivity contribution in [1.29, 1.82) is 0 Å². The summed E-state index contributed by atoms with van der Waals surface area (Å²) in [6.45, 7) is 0.973. The lowest BCUT2D eigenvalue weighted by molar-refractivity contribution is 0.338. The highest BCUT2D eigenvalue weighted by atomic mass is 35.5. The van der Waals surface area contributed by atoms with Crippen LogP contribution < -0.4 is 10.1 Å². The van der Waals surface area contributed by atoms with E-state index in [2.05, 4.69) is 59.9 Å². The topological polar surface area (TPSA) is 21.3 Å². The molecule has 3 heteroatoms. The zero-order chi connectivity index (χ0) is 15.2. The van der Waals surface area contributed by atoms with Crippen LogP contribution in [-0.4, -0.2) is 13.2 Å². The molecule has 0 heterocycles. The molecule has 23 heavy (non-hydrogen) atoms. The predicted molar refractivity (Wildman–Crippen MR) is 98.5 cm³/mol. The first-order valence-electron chi connectivity index (χ1n) is 8.26. The molecule has 2 atom stereocenters. The van der Waals surface area contributed by atoms with Gasteiger partial charge in [0.2, 0.25) is 0 Å². The van der Waals surface area contributed by atoms with Gasteiger partial charge in [-0.25, -0.2) is 0 Å². The summed E-state index contributed by atoms with van der Waals surface area (Å²) in [6.07, 6.45) is 5.14. The van der Waals surface area contributed by atoms with Crippen LogP contribution in [0.4, 0.5) is 0 Å². The third kappa shape index (κ3) is 4.98. The summed E-state index contributed by atoms with van der Waals surface area (Å²) in [4.78, 5) is 0. The molecule has 1 aliphatic carbocycles. The molecular weight excluding hydrogens is 306 g/mol. The minimum Gasteiger partial charge on any atom is -0.497 e. The van der Waals surface area contributed by atoms with Crippen LogP contribution in [0.5, 0.6) is 5.75 Å². The van der Waals surface area contributed by atoms with Crippen molar-refractivity contribution < 1.29 is 4.74 Å². The fourth-order valence-electron chi connectivity index (χ4n) is 3.41. The predicted octanol–water partition coefficient (Wildman–Crippen LogP) is 4.93. The van der Waals surface area contributed by atoms with Gasteiger partial charge in [-0.3, -0.25) is 0 Å². The first-order chi connectivity index (χ1) is 10.8. The summed E-state index contributed by atoms with van der Waals surface area (Å²) < 4.78 is 5.25. The molecule has 124 valence electrons. The van der Waals surface area contributed by atoms with Crippen LogP contribution in [0.15, 0.2) is 54.6 Å². The van der Waals surface area contributed by atoms with Crippen molar-refractivity contribution >= 4 is 12.4 Å². The Hall–Kier alpha value is -1.51. The molecule has 1 N–H and O–H groups in total. The van der Waals surface area contributed by atoms with Crippen LogP contribution in [0.2, 0.25) is 0 Å². The first kappa shape index (κ1) is 17.8. The Morgan fingerprint density at radius 1 is 1.00 bits per heavy atom. The molecular formula is C20H26ClNO. The van der Waals surface area contributed by atoms with Gasteiger partial charge in [0.1, 0.15) is 5.75 Å². The van der Waals surface area contributed by atoms with Gasteiger partial charge in [-0.05, 0) is 48.4 Å². The Labute approximate surface area is 145 Å². The quantitative estimate of drug-likeness (QED) is 0.838. The van der Waals surface area contributed by atoms with E-state index >= 15 is 0 Å². The van der Waals surface area contributed by atoms with E-state index in [0.717, 1.165) is 12.3 Å². The number of nitrogens with one attached hydrogen (secondary N) is 1. The standard InChI is InChI=1S/C20H25NO.ClH/c1-22-20-12-10-17(11-13-20)18-8-5-9-19(14-18)21-15-16-6-3-2-4-7-16;/h2-4,6-7,10-13,18-19,21H,5,8-9,14-15H2,1H3;1H/t18-,19+;/m1./s1. The van der Waals surface area contributed by atoms with Gasteiger partial charge >= 0.3 is 0 Å². The van der Waals surface area contributed by atoms with Crippen molar-refractivity contribution in [2.45, 2.75) is 44.2 Å². The monoisotopic (exact) mass is 331 g/mol. The van der Waals surface area contributed by atoms with Crippen molar-refractivity contribution in [3.05, 3.63) is 65.7 Å². The highest BCUT2D eigenvalue weighted by Crippen LogP contribution is 2.33. The minimum absolute atomic E-state index is 0. The SMILES string of the molecule is COc1ccc([C@@H]2CCC[C@H](NCc3ccccc3)C2)cc1.Cl. The minimum atomic E-state index is 0. The smallest absolute Gasteiger partial charge is 0.118 e. The van der Waals surface area contributed by atoms with Crippen molar-refractivity contribution in [3.63, 3.8) is 0 Å². The Morgan fingerprint density at radius 2 is 1.74 bits per heavy atom. The highest BCUT2D eigenvalue weighted by Gasteiger charge is 2.22. The number of hydrogen-bond donors (Lipinski definition) is 1. The molecule has 2 nitrogen and oxygen atoms in total. The number of rotatable bonds is 5. The molecule has 2 aromatic carbocycles. The zero-order valence-corrected chi connectivity index (χ0v) is 14.5. The summed E-state index contributed by atoms with van der Waals surface area (Å²) in [6, 6.07) is 19.9. The third-order valence-corrected chi connectivity index (χ3v) is 4.70. The first-order valence-corrected chi connectivity index (χ1v) is 8.26. The van der Waals surface area contributed by atoms with Crippen LogP contribution in [0.3, 0.4) is 0 Å². The van der Waals surface area contributed by atoms with Gasteiger partial charge < -0.3 is 10.1 Å². The lowest BCUT2D eigenvalue weighted by Crippen LogP contribution is -2.33. The molecule has 0 bridgehead atoms.